The van der Waals surface area contributed by atoms with Crippen molar-refractivity contribution < 1.29 is 9.53 Å². The molecule has 1 aromatic heterocycles. The summed E-state index contributed by atoms with van der Waals surface area (Å²) in [7, 11) is 0. The summed E-state index contributed by atoms with van der Waals surface area (Å²) in [5, 5.41) is 0. The van der Waals surface area contributed by atoms with Crippen molar-refractivity contribution in [3.8, 4) is 5.75 Å². The Labute approximate surface area is 114 Å². The van der Waals surface area contributed by atoms with Gasteiger partial charge in [-0.15, -0.1) is 0 Å². The van der Waals surface area contributed by atoms with Crippen molar-refractivity contribution in [3.05, 3.63) is 58.3 Å². The van der Waals surface area contributed by atoms with Crippen molar-refractivity contribution in [3.63, 3.8) is 0 Å². The molecule has 2 aromatic rings. The van der Waals surface area contributed by atoms with E-state index in [1.54, 1.807) is 24.5 Å². The molecule has 0 fully saturated rings. The molecule has 0 aliphatic rings. The van der Waals surface area contributed by atoms with Gasteiger partial charge in [0, 0.05) is 16.9 Å². The van der Waals surface area contributed by atoms with Crippen LogP contribution in [0.2, 0.25) is 0 Å². The molecule has 18 heavy (non-hydrogen) atoms. The van der Waals surface area contributed by atoms with Crippen LogP contribution >= 0.6 is 15.9 Å². The van der Waals surface area contributed by atoms with E-state index >= 15 is 0 Å². The van der Waals surface area contributed by atoms with Gasteiger partial charge in [-0.3, -0.25) is 9.78 Å². The smallest absolute Gasteiger partial charge is 0.163 e. The number of carbonyl (C=O) groups is 1. The van der Waals surface area contributed by atoms with Crippen LogP contribution in [-0.4, -0.2) is 10.8 Å². The maximum atomic E-state index is 11.5. The lowest BCUT2D eigenvalue weighted by Crippen LogP contribution is -2.01. The Morgan fingerprint density at radius 1 is 1.28 bits per heavy atom. The number of ketones is 1. The van der Waals surface area contributed by atoms with Crippen molar-refractivity contribution in [1.29, 1.82) is 0 Å². The topological polar surface area (TPSA) is 39.2 Å². The van der Waals surface area contributed by atoms with Crippen LogP contribution in [0, 0.1) is 0 Å². The average Bonchev–Trinajstić information content (AvgIpc) is 2.37. The number of pyridine rings is 1. The monoisotopic (exact) mass is 305 g/mol. The molecule has 0 atom stereocenters. The van der Waals surface area contributed by atoms with E-state index in [1.807, 2.05) is 18.2 Å². The minimum Gasteiger partial charge on any atom is -0.488 e. The Kier molecular flexibility index (Phi) is 4.10. The van der Waals surface area contributed by atoms with Crippen LogP contribution in [0.1, 0.15) is 22.8 Å². The Morgan fingerprint density at radius 3 is 2.67 bits per heavy atom. The van der Waals surface area contributed by atoms with Gasteiger partial charge in [0.15, 0.2) is 5.78 Å². The van der Waals surface area contributed by atoms with Crippen molar-refractivity contribution in [2.45, 2.75) is 13.5 Å². The Hall–Kier alpha value is -1.68. The van der Waals surface area contributed by atoms with Crippen LogP contribution in [-0.2, 0) is 6.61 Å². The number of benzene rings is 1. The number of nitrogens with zero attached hydrogens (tertiary/aromatic N) is 1. The van der Waals surface area contributed by atoms with Crippen LogP contribution in [0.3, 0.4) is 0 Å². The summed E-state index contributed by atoms with van der Waals surface area (Å²) in [6.45, 7) is 1.95. The molecule has 0 N–H and O–H groups in total. The number of hydrogen-bond donors (Lipinski definition) is 0. The lowest BCUT2D eigenvalue weighted by atomic mass is 10.1. The summed E-state index contributed by atoms with van der Waals surface area (Å²) >= 11 is 3.37. The fourth-order valence-corrected chi connectivity index (χ4v) is 1.89. The molecule has 0 aliphatic heterocycles. The first-order valence-electron chi connectivity index (χ1n) is 5.49. The highest BCUT2D eigenvalue weighted by Gasteiger charge is 2.09. The first-order chi connectivity index (χ1) is 8.66. The number of ether oxygens (including phenoxy) is 1. The summed E-state index contributed by atoms with van der Waals surface area (Å²) in [5.41, 5.74) is 1.60. The summed E-state index contributed by atoms with van der Waals surface area (Å²) in [6, 6.07) is 9.15. The van der Waals surface area contributed by atoms with Gasteiger partial charge in [0.05, 0.1) is 5.56 Å². The molecular weight excluding hydrogens is 294 g/mol. The molecule has 1 heterocycles. The number of Topliss-reactive ketones (excluding diaryl/α,β-unsaturated/α-hetero) is 1. The largest absolute Gasteiger partial charge is 0.488 e. The third-order valence-electron chi connectivity index (χ3n) is 2.47. The van der Waals surface area contributed by atoms with Crippen LogP contribution in [0.15, 0.2) is 47.2 Å². The number of aromatic nitrogens is 1. The SMILES string of the molecule is CC(=O)c1ccc(Br)cc1OCc1ccncc1. The van der Waals surface area contributed by atoms with Crippen molar-refractivity contribution in [1.82, 2.24) is 4.98 Å². The molecule has 92 valence electrons. The third-order valence-corrected chi connectivity index (χ3v) is 2.96. The van der Waals surface area contributed by atoms with Crippen LogP contribution < -0.4 is 4.74 Å². The maximum absolute atomic E-state index is 11.5. The van der Waals surface area contributed by atoms with Crippen molar-refractivity contribution in [2.75, 3.05) is 0 Å². The molecule has 3 nitrogen and oxygen atoms in total. The van der Waals surface area contributed by atoms with E-state index < -0.39 is 0 Å². The van der Waals surface area contributed by atoms with Crippen molar-refractivity contribution >= 4 is 21.7 Å². The molecule has 2 rings (SSSR count). The van der Waals surface area contributed by atoms with Gasteiger partial charge >= 0.3 is 0 Å². The van der Waals surface area contributed by atoms with Crippen LogP contribution in [0.25, 0.3) is 0 Å². The highest BCUT2D eigenvalue weighted by Crippen LogP contribution is 2.25. The van der Waals surface area contributed by atoms with E-state index in [2.05, 4.69) is 20.9 Å². The Bertz CT molecular complexity index is 555. The van der Waals surface area contributed by atoms with Gasteiger partial charge in [-0.05, 0) is 42.8 Å². The normalized spacial score (nSPS) is 10.1. The van der Waals surface area contributed by atoms with Gasteiger partial charge < -0.3 is 4.74 Å². The van der Waals surface area contributed by atoms with Gasteiger partial charge in [0.2, 0.25) is 0 Å². The van der Waals surface area contributed by atoms with Gasteiger partial charge in [0.1, 0.15) is 12.4 Å². The molecule has 0 saturated carbocycles. The van der Waals surface area contributed by atoms with E-state index in [0.717, 1.165) is 10.0 Å². The zero-order chi connectivity index (χ0) is 13.0. The second-order valence-corrected chi connectivity index (χ2v) is 4.76. The fraction of sp³-hybridized carbons (Fsp3) is 0.143. The van der Waals surface area contributed by atoms with E-state index in [4.69, 9.17) is 4.74 Å². The lowest BCUT2D eigenvalue weighted by molar-refractivity contribution is 0.101. The average molecular weight is 306 g/mol. The molecule has 0 radical (unpaired) electrons. The molecule has 0 aliphatic carbocycles. The van der Waals surface area contributed by atoms with Gasteiger partial charge in [-0.2, -0.15) is 0 Å². The van der Waals surface area contributed by atoms with Crippen LogP contribution in [0.5, 0.6) is 5.75 Å². The van der Waals surface area contributed by atoms with E-state index in [1.165, 1.54) is 6.92 Å². The molecule has 0 saturated heterocycles. The van der Waals surface area contributed by atoms with E-state index in [0.29, 0.717) is 17.9 Å². The minimum absolute atomic E-state index is 0.00720. The number of halogens is 1. The minimum atomic E-state index is -0.00720. The van der Waals surface area contributed by atoms with Crippen molar-refractivity contribution in [2.24, 2.45) is 0 Å². The summed E-state index contributed by atoms with van der Waals surface area (Å²) in [4.78, 5) is 15.4. The zero-order valence-corrected chi connectivity index (χ0v) is 11.5. The maximum Gasteiger partial charge on any atom is 0.163 e. The number of carbonyl (C=O) groups excluding carboxylic acids is 1. The quantitative estimate of drug-likeness (QED) is 0.810. The number of hydrogen-bond acceptors (Lipinski definition) is 3. The van der Waals surface area contributed by atoms with E-state index in [9.17, 15) is 4.79 Å². The summed E-state index contributed by atoms with van der Waals surface area (Å²) in [5.74, 6) is 0.584. The first-order valence-corrected chi connectivity index (χ1v) is 6.28. The lowest BCUT2D eigenvalue weighted by Gasteiger charge is -2.10. The van der Waals surface area contributed by atoms with Crippen LogP contribution in [0.4, 0.5) is 0 Å². The summed E-state index contributed by atoms with van der Waals surface area (Å²) < 4.78 is 6.57. The zero-order valence-electron chi connectivity index (χ0n) is 9.89. The summed E-state index contributed by atoms with van der Waals surface area (Å²) in [6.07, 6.45) is 3.43. The first kappa shape index (κ1) is 12.8. The molecular formula is C14H12BrNO2. The molecule has 0 spiro atoms. The molecule has 1 aromatic carbocycles. The van der Waals surface area contributed by atoms with E-state index in [-0.39, 0.29) is 5.78 Å². The standard InChI is InChI=1S/C14H12BrNO2/c1-10(17)13-3-2-12(15)8-14(13)18-9-11-4-6-16-7-5-11/h2-8H,9H2,1H3. The Balaban J connectivity index is 2.18. The fourth-order valence-electron chi connectivity index (χ4n) is 1.55. The second-order valence-electron chi connectivity index (χ2n) is 3.84. The molecule has 4 heteroatoms. The number of rotatable bonds is 4. The van der Waals surface area contributed by atoms with Gasteiger partial charge in [-0.1, -0.05) is 15.9 Å². The van der Waals surface area contributed by atoms with Gasteiger partial charge in [0.25, 0.3) is 0 Å². The highest BCUT2D eigenvalue weighted by molar-refractivity contribution is 9.10. The van der Waals surface area contributed by atoms with Gasteiger partial charge in [-0.25, -0.2) is 0 Å². The molecule has 0 bridgehead atoms. The Morgan fingerprint density at radius 2 is 2.00 bits per heavy atom. The molecule has 0 amide bonds. The highest BCUT2D eigenvalue weighted by atomic mass is 79.9. The molecule has 0 unspecified atom stereocenters. The predicted molar refractivity (Wildman–Crippen MR) is 72.7 cm³/mol. The second kappa shape index (κ2) is 5.78. The predicted octanol–water partition coefficient (Wildman–Crippen LogP) is 3.63. The third kappa shape index (κ3) is 3.17.